The van der Waals surface area contributed by atoms with Crippen molar-refractivity contribution < 1.29 is 58.9 Å². The number of esters is 1. The number of carbonyl (C=O) groups is 1. The Hall–Kier alpha value is 0.465. The lowest BCUT2D eigenvalue weighted by Crippen LogP contribution is -2.88. The molecule has 14 nitrogen and oxygen atoms in total. The van der Waals surface area contributed by atoms with Crippen LogP contribution in [0.2, 0.25) is 48.4 Å². The molecule has 22 heteroatoms. The third-order valence-electron chi connectivity index (χ3n) is 7.97. The van der Waals surface area contributed by atoms with Crippen molar-refractivity contribution in [1.29, 1.82) is 0 Å². The number of carbonyl (C=O) groups excluding carboxylic acids is 1. The van der Waals surface area contributed by atoms with E-state index in [9.17, 15) is 4.79 Å². The van der Waals surface area contributed by atoms with Gasteiger partial charge in [-0.1, -0.05) is 55.0 Å². The average molecular weight is 747 g/mol. The molecule has 6 fully saturated rings. The zero-order chi connectivity index (χ0) is 31.4. The summed E-state index contributed by atoms with van der Waals surface area (Å²) in [5, 5.41) is 0. The van der Waals surface area contributed by atoms with Gasteiger partial charge in [-0.3, -0.25) is 0 Å². The van der Waals surface area contributed by atoms with E-state index in [1.165, 1.54) is 0 Å². The van der Waals surface area contributed by atoms with E-state index in [4.69, 9.17) is 54.1 Å². The Morgan fingerprint density at radius 3 is 0.930 bits per heavy atom. The van der Waals surface area contributed by atoms with E-state index < -0.39 is 76.4 Å². The maximum absolute atomic E-state index is 12.1. The first kappa shape index (κ1) is 34.8. The second-order valence-electron chi connectivity index (χ2n) is 11.2. The second kappa shape index (κ2) is 12.2. The predicted octanol–water partition coefficient (Wildman–Crippen LogP) is 4.41. The van der Waals surface area contributed by atoms with Crippen LogP contribution in [0, 0.1) is 0 Å². The predicted molar refractivity (Wildman–Crippen MR) is 168 cm³/mol. The fourth-order valence-electron chi connectivity index (χ4n) is 5.59. The summed E-state index contributed by atoms with van der Waals surface area (Å²) in [5.74, 6) is -0.467. The van der Waals surface area contributed by atoms with Crippen molar-refractivity contribution in [3.05, 3.63) is 12.2 Å². The fraction of sp³-hybridized carbons (Fsp3) is 0.857. The highest BCUT2D eigenvalue weighted by molar-refractivity contribution is 7.03. The summed E-state index contributed by atoms with van der Waals surface area (Å²) in [6.07, 6.45) is 0.375. The lowest BCUT2D eigenvalue weighted by molar-refractivity contribution is -0.139. The van der Waals surface area contributed by atoms with Crippen LogP contribution in [0.3, 0.4) is 0 Å². The van der Waals surface area contributed by atoms with Crippen molar-refractivity contribution in [1.82, 2.24) is 0 Å². The Bertz CT molecular complexity index is 979. The maximum Gasteiger partial charge on any atom is 0.479 e. The largest absolute Gasteiger partial charge is 0.479 e. The van der Waals surface area contributed by atoms with E-state index in [-0.39, 0.29) is 12.7 Å². The molecular weight excluding hydrogens is 701 g/mol. The molecule has 0 aliphatic carbocycles. The minimum atomic E-state index is -3.86. The van der Waals surface area contributed by atoms with Gasteiger partial charge in [0.15, 0.2) is 0 Å². The Balaban J connectivity index is 1.73. The average Bonchev–Trinajstić information content (AvgIpc) is 2.94. The zero-order valence-electron chi connectivity index (χ0n) is 26.5. The minimum Gasteiger partial charge on any atom is -0.462 e. The highest BCUT2D eigenvalue weighted by Gasteiger charge is 2.81. The molecule has 6 aliphatic rings. The number of rotatable bonds is 12. The van der Waals surface area contributed by atoms with Crippen molar-refractivity contribution in [2.75, 3.05) is 6.61 Å². The highest BCUT2D eigenvalue weighted by Crippen LogP contribution is 2.53. The van der Waals surface area contributed by atoms with E-state index >= 15 is 0 Å². The third-order valence-corrected chi connectivity index (χ3v) is 44.9. The fourth-order valence-corrected chi connectivity index (χ4v) is 55.3. The van der Waals surface area contributed by atoms with Gasteiger partial charge in [-0.2, -0.15) is 0 Å². The normalized spacial score (nSPS) is 46.9. The number of hydrogen-bond donors (Lipinski definition) is 0. The smallest absolute Gasteiger partial charge is 0.462 e. The molecule has 0 unspecified atom stereocenters. The summed E-state index contributed by atoms with van der Waals surface area (Å²) >= 11 is 0. The molecule has 0 spiro atoms. The van der Waals surface area contributed by atoms with Crippen LogP contribution in [0.15, 0.2) is 12.2 Å². The van der Waals surface area contributed by atoms with Crippen LogP contribution in [0.25, 0.3) is 0 Å². The van der Waals surface area contributed by atoms with Crippen molar-refractivity contribution in [2.45, 2.75) is 110 Å². The van der Waals surface area contributed by atoms with Gasteiger partial charge in [-0.15, -0.1) is 0 Å². The molecule has 6 rings (SSSR count). The molecule has 0 aromatic rings. The quantitative estimate of drug-likeness (QED) is 0.121. The van der Waals surface area contributed by atoms with Crippen molar-refractivity contribution in [2.24, 2.45) is 0 Å². The van der Waals surface area contributed by atoms with Crippen LogP contribution in [0.4, 0.5) is 0 Å². The van der Waals surface area contributed by atoms with Gasteiger partial charge in [0.2, 0.25) is 0 Å². The maximum atomic E-state index is 12.1. The van der Waals surface area contributed by atoms with Crippen LogP contribution >= 0.6 is 0 Å². The molecular formula is C21H46O14Si8. The topological polar surface area (TPSA) is 137 Å². The summed E-state index contributed by atoms with van der Waals surface area (Å²) in [6.45, 7) is 19.1. The number of ether oxygens (including phenoxy) is 1. The van der Waals surface area contributed by atoms with Crippen LogP contribution < -0.4 is 0 Å². The summed E-state index contributed by atoms with van der Waals surface area (Å²) < 4.78 is 90.6. The van der Waals surface area contributed by atoms with Crippen molar-refractivity contribution in [3.63, 3.8) is 0 Å². The molecule has 6 heterocycles. The molecule has 6 saturated heterocycles. The van der Waals surface area contributed by atoms with Gasteiger partial charge in [-0.25, -0.2) is 4.79 Å². The summed E-state index contributed by atoms with van der Waals surface area (Å²) in [4.78, 5) is 12.1. The van der Waals surface area contributed by atoms with Gasteiger partial charge < -0.3 is 54.1 Å². The Morgan fingerprint density at radius 1 is 0.488 bits per heavy atom. The van der Waals surface area contributed by atoms with Crippen LogP contribution in [-0.4, -0.2) is 83.0 Å². The molecule has 0 saturated carbocycles. The lowest BCUT2D eigenvalue weighted by Gasteiger charge is -2.63. The first-order chi connectivity index (χ1) is 20.2. The first-order valence-corrected chi connectivity index (χ1v) is 30.9. The summed E-state index contributed by atoms with van der Waals surface area (Å²) in [5.41, 5.74) is 0.321. The minimum absolute atomic E-state index is 0.110. The molecule has 246 valence electrons. The molecule has 6 aliphatic heterocycles. The molecule has 0 aromatic carbocycles. The Labute approximate surface area is 263 Å². The molecule has 0 atom stereocenters. The van der Waals surface area contributed by atoms with E-state index in [0.29, 0.717) is 54.3 Å². The molecule has 0 radical (unpaired) electrons. The van der Waals surface area contributed by atoms with Crippen molar-refractivity contribution in [3.8, 4) is 0 Å². The molecule has 43 heavy (non-hydrogen) atoms. The van der Waals surface area contributed by atoms with E-state index in [2.05, 4.69) is 6.58 Å². The van der Waals surface area contributed by atoms with Crippen molar-refractivity contribution >= 4 is 76.4 Å². The van der Waals surface area contributed by atoms with Gasteiger partial charge in [0.25, 0.3) is 0 Å². The third kappa shape index (κ3) is 6.25. The molecule has 8 bridgehead atoms. The number of hydrogen-bond acceptors (Lipinski definition) is 14. The van der Waals surface area contributed by atoms with Crippen LogP contribution in [0.1, 0.15) is 61.8 Å². The Kier molecular flexibility index (Phi) is 9.84. The standard InChI is InChI=1S/C21H46O14Si8/c1-10-36-24-37(11-2)27-40(14-5)29-38(12-3,25-36)31-42(16-7)32-39(13-4,26-36)30-41(15-6,28-37)34-43(33-40,35-42)19-17-18-23-21(22)20(8)9/h8,10-19H2,1-7,9H3. The van der Waals surface area contributed by atoms with Gasteiger partial charge in [-0.05, 0) is 13.3 Å². The zero-order valence-corrected chi connectivity index (χ0v) is 34.5. The van der Waals surface area contributed by atoms with Crippen LogP contribution in [-0.2, 0) is 58.9 Å². The monoisotopic (exact) mass is 746 g/mol. The lowest BCUT2D eigenvalue weighted by atomic mass is 10.4. The van der Waals surface area contributed by atoms with Gasteiger partial charge >= 0.3 is 76.4 Å². The van der Waals surface area contributed by atoms with Crippen LogP contribution in [0.5, 0.6) is 0 Å². The first-order valence-electron chi connectivity index (χ1n) is 15.5. The Morgan fingerprint density at radius 2 is 0.721 bits per heavy atom. The molecule has 0 N–H and O–H groups in total. The molecule has 0 amide bonds. The summed E-state index contributed by atoms with van der Waals surface area (Å²) in [6, 6.07) is 3.02. The molecule has 0 aromatic heterocycles. The second-order valence-corrected chi connectivity index (χ2v) is 37.4. The van der Waals surface area contributed by atoms with Gasteiger partial charge in [0, 0.05) is 53.9 Å². The SMILES string of the molecule is C=C(C)C(=O)OCCC[Si]12O[Si]3(CC)O[Si]4(CC)O[Si]5(CC)O[Si](CC)(O3)O[Si](CC)(O[Si](CC)(O5)O[Si](CC)(O4)O1)O2. The van der Waals surface area contributed by atoms with Gasteiger partial charge in [0.1, 0.15) is 0 Å². The van der Waals surface area contributed by atoms with E-state index in [1.54, 1.807) is 6.92 Å². The van der Waals surface area contributed by atoms with Gasteiger partial charge in [0.05, 0.1) is 6.61 Å². The summed E-state index contributed by atoms with van der Waals surface area (Å²) in [7, 11) is -29.6. The van der Waals surface area contributed by atoms with E-state index in [1.807, 2.05) is 48.5 Å². The van der Waals surface area contributed by atoms with E-state index in [0.717, 1.165) is 0 Å². The highest BCUT2D eigenvalue weighted by atomic mass is 28.6.